The van der Waals surface area contributed by atoms with Gasteiger partial charge in [0.05, 0.1) is 16.9 Å². The maximum Gasteiger partial charge on any atom is 0.243 e. The summed E-state index contributed by atoms with van der Waals surface area (Å²) in [6.07, 6.45) is 4.24. The fourth-order valence-electron chi connectivity index (χ4n) is 3.87. The lowest BCUT2D eigenvalue weighted by Crippen LogP contribution is -2.47. The van der Waals surface area contributed by atoms with Crippen LogP contribution in [0.1, 0.15) is 32.1 Å². The first kappa shape index (κ1) is 23.1. The van der Waals surface area contributed by atoms with Gasteiger partial charge in [0.15, 0.2) is 0 Å². The van der Waals surface area contributed by atoms with E-state index < -0.39 is 15.4 Å². The highest BCUT2D eigenvalue weighted by Crippen LogP contribution is 2.31. The molecule has 9 heteroatoms. The Morgan fingerprint density at radius 1 is 1.21 bits per heavy atom. The normalized spacial score (nSPS) is 20.2. The molecule has 2 fully saturated rings. The molecule has 0 radical (unpaired) electrons. The van der Waals surface area contributed by atoms with Crippen molar-refractivity contribution in [2.75, 3.05) is 45.2 Å². The summed E-state index contributed by atoms with van der Waals surface area (Å²) in [6.45, 7) is 3.00. The van der Waals surface area contributed by atoms with Crippen LogP contribution in [0.25, 0.3) is 0 Å². The minimum absolute atomic E-state index is 0. The van der Waals surface area contributed by atoms with E-state index in [1.54, 1.807) is 31.4 Å². The van der Waals surface area contributed by atoms with Gasteiger partial charge in [-0.1, -0.05) is 12.5 Å². The Morgan fingerprint density at radius 2 is 1.89 bits per heavy atom. The average molecular weight is 432 g/mol. The van der Waals surface area contributed by atoms with E-state index in [0.717, 1.165) is 32.4 Å². The van der Waals surface area contributed by atoms with Gasteiger partial charge < -0.3 is 15.4 Å². The minimum atomic E-state index is -3.52. The molecule has 0 spiro atoms. The number of hydrogen-bond acceptors (Lipinski definition) is 5. The van der Waals surface area contributed by atoms with Crippen LogP contribution in [0.2, 0.25) is 0 Å². The lowest BCUT2D eigenvalue weighted by molar-refractivity contribution is -0.130. The van der Waals surface area contributed by atoms with Crippen LogP contribution in [0.5, 0.6) is 0 Å². The standard InChI is InChI=1S/C19H29N3O4S.ClH/c1-26-15-19(8-10-20-11-9-19)18(23)21-16-6-5-7-17(14-16)27(24,25)22-12-3-2-4-13-22;/h5-7,14,20H,2-4,8-13,15H2,1H3,(H,21,23);1H. The van der Waals surface area contributed by atoms with Crippen LogP contribution in [0.15, 0.2) is 29.2 Å². The second-order valence-corrected chi connectivity index (χ2v) is 9.35. The van der Waals surface area contributed by atoms with Gasteiger partial charge in [-0.15, -0.1) is 12.4 Å². The summed E-state index contributed by atoms with van der Waals surface area (Å²) in [6, 6.07) is 6.56. The van der Waals surface area contributed by atoms with Gasteiger partial charge >= 0.3 is 0 Å². The molecule has 0 aromatic heterocycles. The van der Waals surface area contributed by atoms with Gasteiger partial charge in [-0.2, -0.15) is 4.31 Å². The van der Waals surface area contributed by atoms with E-state index in [9.17, 15) is 13.2 Å². The SMILES string of the molecule is COCC1(C(=O)Nc2cccc(S(=O)(=O)N3CCCCC3)c2)CCNCC1.Cl. The van der Waals surface area contributed by atoms with Gasteiger partial charge in [-0.3, -0.25) is 4.79 Å². The lowest BCUT2D eigenvalue weighted by Gasteiger charge is -2.35. The van der Waals surface area contributed by atoms with Crippen molar-refractivity contribution in [2.45, 2.75) is 37.0 Å². The van der Waals surface area contributed by atoms with Gasteiger partial charge in [0.2, 0.25) is 15.9 Å². The van der Waals surface area contributed by atoms with Crippen LogP contribution >= 0.6 is 12.4 Å². The molecular weight excluding hydrogens is 402 g/mol. The zero-order chi connectivity index (χ0) is 19.3. The van der Waals surface area contributed by atoms with E-state index in [2.05, 4.69) is 10.6 Å². The molecule has 0 atom stereocenters. The molecule has 2 heterocycles. The van der Waals surface area contributed by atoms with E-state index in [0.29, 0.717) is 38.2 Å². The monoisotopic (exact) mass is 431 g/mol. The first-order valence-corrected chi connectivity index (χ1v) is 11.0. The molecule has 2 aliphatic heterocycles. The van der Waals surface area contributed by atoms with Crippen LogP contribution in [0.3, 0.4) is 0 Å². The summed E-state index contributed by atoms with van der Waals surface area (Å²) in [5, 5.41) is 6.18. The first-order chi connectivity index (χ1) is 13.0. The summed E-state index contributed by atoms with van der Waals surface area (Å²) in [4.78, 5) is 13.2. The Kier molecular flexibility index (Phi) is 8.27. The minimum Gasteiger partial charge on any atom is -0.384 e. The van der Waals surface area contributed by atoms with Gasteiger partial charge in [-0.25, -0.2) is 8.42 Å². The molecule has 7 nitrogen and oxygen atoms in total. The highest BCUT2D eigenvalue weighted by molar-refractivity contribution is 7.89. The van der Waals surface area contributed by atoms with Gasteiger partial charge in [0.1, 0.15) is 0 Å². The summed E-state index contributed by atoms with van der Waals surface area (Å²) >= 11 is 0. The van der Waals surface area contributed by atoms with E-state index >= 15 is 0 Å². The Labute approximate surface area is 173 Å². The fourth-order valence-corrected chi connectivity index (χ4v) is 5.43. The number of sulfonamides is 1. The van der Waals surface area contributed by atoms with E-state index in [1.165, 1.54) is 4.31 Å². The number of halogens is 1. The Morgan fingerprint density at radius 3 is 2.54 bits per heavy atom. The van der Waals surface area contributed by atoms with E-state index in [-0.39, 0.29) is 23.2 Å². The predicted molar refractivity (Wildman–Crippen MR) is 111 cm³/mol. The molecule has 2 aliphatic rings. The second-order valence-electron chi connectivity index (χ2n) is 7.41. The van der Waals surface area contributed by atoms with E-state index in [4.69, 9.17) is 4.74 Å². The Balaban J connectivity index is 0.00000280. The molecule has 1 aromatic rings. The van der Waals surface area contributed by atoms with Crippen LogP contribution in [0, 0.1) is 5.41 Å². The Hall–Kier alpha value is -1.19. The maximum atomic E-state index is 13.0. The third-order valence-electron chi connectivity index (χ3n) is 5.51. The molecule has 1 aromatic carbocycles. The van der Waals surface area contributed by atoms with Crippen molar-refractivity contribution in [1.29, 1.82) is 0 Å². The molecule has 2 N–H and O–H groups in total. The zero-order valence-electron chi connectivity index (χ0n) is 16.3. The number of methoxy groups -OCH3 is 1. The number of piperidine rings is 2. The molecule has 0 bridgehead atoms. The molecular formula is C19H30ClN3O4S. The number of hydrogen-bond donors (Lipinski definition) is 2. The van der Waals surface area contributed by atoms with E-state index in [1.807, 2.05) is 0 Å². The molecule has 0 unspecified atom stereocenters. The molecule has 1 amide bonds. The average Bonchev–Trinajstić information content (AvgIpc) is 2.70. The van der Waals surface area contributed by atoms with Crippen molar-refractivity contribution in [3.05, 3.63) is 24.3 Å². The number of nitrogens with one attached hydrogen (secondary N) is 2. The number of anilines is 1. The van der Waals surface area contributed by atoms with Gasteiger partial charge in [0, 0.05) is 25.9 Å². The van der Waals surface area contributed by atoms with Crippen LogP contribution in [-0.2, 0) is 19.6 Å². The number of carbonyl (C=O) groups is 1. The van der Waals surface area contributed by atoms with Crippen molar-refractivity contribution < 1.29 is 17.9 Å². The quantitative estimate of drug-likeness (QED) is 0.721. The molecule has 0 saturated carbocycles. The number of nitrogens with zero attached hydrogens (tertiary/aromatic N) is 1. The highest BCUT2D eigenvalue weighted by atomic mass is 35.5. The molecule has 28 heavy (non-hydrogen) atoms. The summed E-state index contributed by atoms with van der Waals surface area (Å²) in [5.41, 5.74) is -0.0750. The molecule has 2 saturated heterocycles. The first-order valence-electron chi connectivity index (χ1n) is 9.59. The van der Waals surface area contributed by atoms with Crippen LogP contribution < -0.4 is 10.6 Å². The largest absolute Gasteiger partial charge is 0.384 e. The number of amides is 1. The summed E-state index contributed by atoms with van der Waals surface area (Å²) in [5.74, 6) is -0.113. The fraction of sp³-hybridized carbons (Fsp3) is 0.632. The zero-order valence-corrected chi connectivity index (χ0v) is 17.9. The topological polar surface area (TPSA) is 87.7 Å². The van der Waals surface area contributed by atoms with Crippen molar-refractivity contribution in [3.8, 4) is 0 Å². The lowest BCUT2D eigenvalue weighted by atomic mass is 9.78. The predicted octanol–water partition coefficient (Wildman–Crippen LogP) is 2.24. The summed E-state index contributed by atoms with van der Waals surface area (Å²) in [7, 11) is -1.92. The molecule has 3 rings (SSSR count). The molecule has 0 aliphatic carbocycles. The smallest absolute Gasteiger partial charge is 0.243 e. The van der Waals surface area contributed by atoms with Crippen LogP contribution in [-0.4, -0.2) is 58.5 Å². The van der Waals surface area contributed by atoms with Crippen LogP contribution in [0.4, 0.5) is 5.69 Å². The molecule has 158 valence electrons. The number of carbonyl (C=O) groups excluding carboxylic acids is 1. The third-order valence-corrected chi connectivity index (χ3v) is 7.40. The van der Waals surface area contributed by atoms with Gasteiger partial charge in [-0.05, 0) is 57.0 Å². The number of rotatable bonds is 6. The number of ether oxygens (including phenoxy) is 1. The van der Waals surface area contributed by atoms with Crippen molar-refractivity contribution in [1.82, 2.24) is 9.62 Å². The van der Waals surface area contributed by atoms with Crippen molar-refractivity contribution >= 4 is 34.0 Å². The Bertz CT molecular complexity index is 755. The van der Waals surface area contributed by atoms with Crippen molar-refractivity contribution in [3.63, 3.8) is 0 Å². The number of benzene rings is 1. The highest BCUT2D eigenvalue weighted by Gasteiger charge is 2.39. The summed E-state index contributed by atoms with van der Waals surface area (Å²) < 4.78 is 32.6. The second kappa shape index (κ2) is 10.0. The third kappa shape index (κ3) is 5.04. The van der Waals surface area contributed by atoms with Gasteiger partial charge in [0.25, 0.3) is 0 Å². The van der Waals surface area contributed by atoms with Crippen molar-refractivity contribution in [2.24, 2.45) is 5.41 Å². The maximum absolute atomic E-state index is 13.0.